The van der Waals surface area contributed by atoms with Crippen molar-refractivity contribution in [3.63, 3.8) is 0 Å². The monoisotopic (exact) mass is 371 g/mol. The molecule has 0 saturated carbocycles. The fourth-order valence-corrected chi connectivity index (χ4v) is 4.93. The van der Waals surface area contributed by atoms with Gasteiger partial charge in [-0.2, -0.15) is 0 Å². The maximum absolute atomic E-state index is 6.52. The Labute approximate surface area is 155 Å². The molecular formula is C20H18ClNO2S. The normalized spacial score (nSPS) is 16.7. The van der Waals surface area contributed by atoms with Crippen LogP contribution in [0.4, 0.5) is 0 Å². The lowest BCUT2D eigenvalue weighted by Gasteiger charge is -2.17. The first kappa shape index (κ1) is 15.8. The maximum Gasteiger partial charge on any atom is 0.153 e. The second-order valence-corrected chi connectivity index (χ2v) is 8.10. The minimum Gasteiger partial charge on any atom is -0.459 e. The van der Waals surface area contributed by atoms with E-state index in [4.69, 9.17) is 20.8 Å². The fourth-order valence-electron chi connectivity index (χ4n) is 3.64. The van der Waals surface area contributed by atoms with Crippen molar-refractivity contribution in [2.24, 2.45) is 0 Å². The van der Waals surface area contributed by atoms with Crippen molar-refractivity contribution in [2.45, 2.75) is 35.8 Å². The highest BCUT2D eigenvalue weighted by Gasteiger charge is 2.20. The van der Waals surface area contributed by atoms with E-state index in [0.717, 1.165) is 60.8 Å². The molecule has 1 aromatic heterocycles. The minimum atomic E-state index is 0.695. The highest BCUT2D eigenvalue weighted by molar-refractivity contribution is 7.99. The second kappa shape index (κ2) is 6.36. The zero-order valence-corrected chi connectivity index (χ0v) is 15.3. The van der Waals surface area contributed by atoms with Crippen molar-refractivity contribution in [2.75, 3.05) is 13.2 Å². The molecule has 0 saturated heterocycles. The molecule has 0 bridgehead atoms. The predicted molar refractivity (Wildman–Crippen MR) is 101 cm³/mol. The molecule has 2 aliphatic rings. The number of nitrogens with one attached hydrogen (secondary N) is 1. The van der Waals surface area contributed by atoms with Crippen LogP contribution in [0.15, 0.2) is 44.5 Å². The Kier molecular flexibility index (Phi) is 4.01. The first-order chi connectivity index (χ1) is 12.3. The highest BCUT2D eigenvalue weighted by atomic mass is 35.5. The minimum absolute atomic E-state index is 0.695. The van der Waals surface area contributed by atoms with Crippen LogP contribution in [0.3, 0.4) is 0 Å². The summed E-state index contributed by atoms with van der Waals surface area (Å²) in [6, 6.07) is 10.9. The van der Waals surface area contributed by atoms with Crippen molar-refractivity contribution in [1.29, 1.82) is 0 Å². The molecule has 5 rings (SSSR count). The number of furan rings is 1. The standard InChI is InChI=1S/C20H18ClNO2S/c21-18-9-15(8-16-17-10-22-5-3-19(17)24-20(16)18)25-14-2-1-13-11-23-6-4-12(13)7-14/h1-2,7-9,22H,3-6,10-11H2. The van der Waals surface area contributed by atoms with Crippen LogP contribution < -0.4 is 5.32 Å². The van der Waals surface area contributed by atoms with Gasteiger partial charge in [-0.25, -0.2) is 0 Å². The third-order valence-corrected chi connectivity index (χ3v) is 6.16. The summed E-state index contributed by atoms with van der Waals surface area (Å²) in [5.74, 6) is 1.08. The largest absolute Gasteiger partial charge is 0.459 e. The van der Waals surface area contributed by atoms with Gasteiger partial charge < -0.3 is 14.5 Å². The molecule has 1 N–H and O–H groups in total. The highest BCUT2D eigenvalue weighted by Crippen LogP contribution is 2.39. The van der Waals surface area contributed by atoms with Gasteiger partial charge in [0.1, 0.15) is 5.76 Å². The lowest BCUT2D eigenvalue weighted by Crippen LogP contribution is -2.22. The van der Waals surface area contributed by atoms with Gasteiger partial charge in [0.25, 0.3) is 0 Å². The van der Waals surface area contributed by atoms with E-state index in [0.29, 0.717) is 5.02 Å². The molecule has 0 fully saturated rings. The van der Waals surface area contributed by atoms with Gasteiger partial charge in [0.2, 0.25) is 0 Å². The number of ether oxygens (including phenoxy) is 1. The van der Waals surface area contributed by atoms with Crippen LogP contribution in [0.25, 0.3) is 11.0 Å². The van der Waals surface area contributed by atoms with Crippen molar-refractivity contribution in [3.05, 3.63) is 57.8 Å². The van der Waals surface area contributed by atoms with Crippen molar-refractivity contribution in [3.8, 4) is 0 Å². The molecule has 25 heavy (non-hydrogen) atoms. The molecular weight excluding hydrogens is 354 g/mol. The molecule has 0 spiro atoms. The van der Waals surface area contributed by atoms with Crippen LogP contribution in [0, 0.1) is 0 Å². The Balaban J connectivity index is 1.52. The number of hydrogen-bond donors (Lipinski definition) is 1. The van der Waals surface area contributed by atoms with Crippen LogP contribution in [-0.4, -0.2) is 13.2 Å². The van der Waals surface area contributed by atoms with E-state index in [1.807, 2.05) is 6.07 Å². The SMILES string of the molecule is Clc1cc(Sc2ccc3c(c2)CCOC3)cc2c3c(oc12)CCNC3. The average molecular weight is 372 g/mol. The number of hydrogen-bond acceptors (Lipinski definition) is 4. The molecule has 0 unspecified atom stereocenters. The van der Waals surface area contributed by atoms with Crippen LogP contribution in [0.1, 0.15) is 22.5 Å². The van der Waals surface area contributed by atoms with E-state index >= 15 is 0 Å². The molecule has 3 nitrogen and oxygen atoms in total. The van der Waals surface area contributed by atoms with Crippen molar-refractivity contribution >= 4 is 34.3 Å². The number of halogens is 1. The molecule has 2 aliphatic heterocycles. The molecule has 128 valence electrons. The lowest BCUT2D eigenvalue weighted by molar-refractivity contribution is 0.110. The smallest absolute Gasteiger partial charge is 0.153 e. The van der Waals surface area contributed by atoms with Gasteiger partial charge in [-0.3, -0.25) is 0 Å². The van der Waals surface area contributed by atoms with Crippen molar-refractivity contribution in [1.82, 2.24) is 5.32 Å². The molecule has 2 aromatic carbocycles. The molecule has 0 radical (unpaired) electrons. The van der Waals surface area contributed by atoms with E-state index in [9.17, 15) is 0 Å². The predicted octanol–water partition coefficient (Wildman–Crippen LogP) is 4.96. The summed E-state index contributed by atoms with van der Waals surface area (Å²) in [7, 11) is 0. The summed E-state index contributed by atoms with van der Waals surface area (Å²) >= 11 is 8.28. The third kappa shape index (κ3) is 2.87. The number of rotatable bonds is 2. The third-order valence-electron chi connectivity index (χ3n) is 4.92. The summed E-state index contributed by atoms with van der Waals surface area (Å²) < 4.78 is 11.5. The Morgan fingerprint density at radius 3 is 2.96 bits per heavy atom. The number of benzene rings is 2. The van der Waals surface area contributed by atoms with Gasteiger partial charge in [-0.1, -0.05) is 29.4 Å². The zero-order chi connectivity index (χ0) is 16.8. The summed E-state index contributed by atoms with van der Waals surface area (Å²) in [6.45, 7) is 3.36. The van der Waals surface area contributed by atoms with Crippen LogP contribution >= 0.6 is 23.4 Å². The van der Waals surface area contributed by atoms with Gasteiger partial charge in [0.15, 0.2) is 5.58 Å². The zero-order valence-electron chi connectivity index (χ0n) is 13.7. The summed E-state index contributed by atoms with van der Waals surface area (Å²) in [6.07, 6.45) is 1.92. The quantitative estimate of drug-likeness (QED) is 0.690. The van der Waals surface area contributed by atoms with Crippen LogP contribution in [0.2, 0.25) is 5.02 Å². The van der Waals surface area contributed by atoms with E-state index < -0.39 is 0 Å². The van der Waals surface area contributed by atoms with Crippen molar-refractivity contribution < 1.29 is 9.15 Å². The second-order valence-electron chi connectivity index (χ2n) is 6.55. The molecule has 3 heterocycles. The summed E-state index contributed by atoms with van der Waals surface area (Å²) in [4.78, 5) is 2.39. The van der Waals surface area contributed by atoms with Gasteiger partial charge >= 0.3 is 0 Å². The molecule has 0 atom stereocenters. The Morgan fingerprint density at radius 2 is 2.00 bits per heavy atom. The average Bonchev–Trinajstić information content (AvgIpc) is 3.01. The summed E-state index contributed by atoms with van der Waals surface area (Å²) in [5.41, 5.74) is 4.78. The van der Waals surface area contributed by atoms with Gasteiger partial charge in [0.05, 0.1) is 18.2 Å². The van der Waals surface area contributed by atoms with Gasteiger partial charge in [-0.15, -0.1) is 0 Å². The topological polar surface area (TPSA) is 34.4 Å². The van der Waals surface area contributed by atoms with Crippen LogP contribution in [-0.2, 0) is 30.7 Å². The van der Waals surface area contributed by atoms with Crippen LogP contribution in [0.5, 0.6) is 0 Å². The summed E-state index contributed by atoms with van der Waals surface area (Å²) in [5, 5.41) is 5.26. The van der Waals surface area contributed by atoms with E-state index in [-0.39, 0.29) is 0 Å². The maximum atomic E-state index is 6.52. The Morgan fingerprint density at radius 1 is 1.04 bits per heavy atom. The van der Waals surface area contributed by atoms with E-state index in [2.05, 4.69) is 29.6 Å². The Bertz CT molecular complexity index is 966. The molecule has 0 aliphatic carbocycles. The molecule has 3 aromatic rings. The fraction of sp³-hybridized carbons (Fsp3) is 0.300. The number of fused-ring (bicyclic) bond motifs is 4. The first-order valence-corrected chi connectivity index (χ1v) is 9.79. The van der Waals surface area contributed by atoms with Gasteiger partial charge in [-0.05, 0) is 41.8 Å². The first-order valence-electron chi connectivity index (χ1n) is 8.60. The van der Waals surface area contributed by atoms with Gasteiger partial charge in [0, 0.05) is 40.3 Å². The molecule has 5 heteroatoms. The van der Waals surface area contributed by atoms with E-state index in [1.165, 1.54) is 21.6 Å². The Hall–Kier alpha value is -1.46. The molecule has 0 amide bonds. The van der Waals surface area contributed by atoms with E-state index in [1.54, 1.807) is 11.8 Å². The lowest BCUT2D eigenvalue weighted by atomic mass is 10.0.